The maximum absolute atomic E-state index is 13.7. The van der Waals surface area contributed by atoms with Gasteiger partial charge in [-0.3, -0.25) is 4.79 Å². The summed E-state index contributed by atoms with van der Waals surface area (Å²) in [7, 11) is 0. The minimum atomic E-state index is -0.901. The van der Waals surface area contributed by atoms with Gasteiger partial charge in [0.05, 0.1) is 11.3 Å². The SMILES string of the molecule is O=C1OCC(Cc2ccccc2)(Cc2ccccc2)N1C(=O)C1CC(c2ccc(Cl)cc2)=NO1. The summed E-state index contributed by atoms with van der Waals surface area (Å²) in [6.07, 6.45) is -0.352. The molecule has 5 rings (SSSR count). The summed E-state index contributed by atoms with van der Waals surface area (Å²) in [4.78, 5) is 33.4. The number of hydrogen-bond donors (Lipinski definition) is 0. The van der Waals surface area contributed by atoms with Crippen molar-refractivity contribution in [3.8, 4) is 0 Å². The molecule has 0 saturated carbocycles. The van der Waals surface area contributed by atoms with Gasteiger partial charge in [-0.2, -0.15) is 0 Å². The number of carbonyl (C=O) groups is 2. The van der Waals surface area contributed by atoms with Crippen molar-refractivity contribution < 1.29 is 19.2 Å². The average Bonchev–Trinajstić information content (AvgIpc) is 3.46. The molecule has 0 bridgehead atoms. The van der Waals surface area contributed by atoms with Crippen LogP contribution in [0.5, 0.6) is 0 Å². The fourth-order valence-corrected chi connectivity index (χ4v) is 4.71. The van der Waals surface area contributed by atoms with Gasteiger partial charge in [-0.05, 0) is 41.7 Å². The van der Waals surface area contributed by atoms with Gasteiger partial charge in [0.1, 0.15) is 6.61 Å². The molecule has 1 saturated heterocycles. The first-order chi connectivity index (χ1) is 16.5. The van der Waals surface area contributed by atoms with Gasteiger partial charge in [0, 0.05) is 11.4 Å². The Morgan fingerprint density at radius 1 is 0.941 bits per heavy atom. The summed E-state index contributed by atoms with van der Waals surface area (Å²) in [5, 5.41) is 4.74. The van der Waals surface area contributed by atoms with Crippen molar-refractivity contribution in [2.45, 2.75) is 30.9 Å². The summed E-state index contributed by atoms with van der Waals surface area (Å²) in [6.45, 7) is 0.110. The first-order valence-electron chi connectivity index (χ1n) is 11.1. The minimum absolute atomic E-state index is 0.110. The van der Waals surface area contributed by atoms with E-state index < -0.39 is 23.6 Å². The molecule has 2 aliphatic rings. The fraction of sp³-hybridized carbons (Fsp3) is 0.222. The van der Waals surface area contributed by atoms with Crippen molar-refractivity contribution in [3.63, 3.8) is 0 Å². The Morgan fingerprint density at radius 3 is 2.12 bits per heavy atom. The summed E-state index contributed by atoms with van der Waals surface area (Å²) in [5.41, 5.74) is 2.62. The summed E-state index contributed by atoms with van der Waals surface area (Å²) in [6, 6.07) is 26.8. The van der Waals surface area contributed by atoms with Crippen LogP contribution < -0.4 is 0 Å². The highest BCUT2D eigenvalue weighted by Crippen LogP contribution is 2.34. The molecule has 6 nitrogen and oxygen atoms in total. The van der Waals surface area contributed by atoms with Crippen LogP contribution in [0.1, 0.15) is 23.1 Å². The van der Waals surface area contributed by atoms with Crippen molar-refractivity contribution in [3.05, 3.63) is 107 Å². The quantitative estimate of drug-likeness (QED) is 0.502. The van der Waals surface area contributed by atoms with Gasteiger partial charge in [-0.1, -0.05) is 89.6 Å². The molecule has 3 aromatic carbocycles. The van der Waals surface area contributed by atoms with Crippen molar-refractivity contribution in [1.29, 1.82) is 0 Å². The van der Waals surface area contributed by atoms with Crippen LogP contribution in [0, 0.1) is 0 Å². The zero-order chi connectivity index (χ0) is 23.5. The lowest BCUT2D eigenvalue weighted by Crippen LogP contribution is -2.56. The molecular formula is C27H23ClN2O4. The molecule has 0 spiro atoms. The third-order valence-corrected chi connectivity index (χ3v) is 6.47. The molecule has 2 aliphatic heterocycles. The zero-order valence-corrected chi connectivity index (χ0v) is 19.1. The third kappa shape index (κ3) is 4.41. The molecule has 0 radical (unpaired) electrons. The first kappa shape index (κ1) is 22.2. The van der Waals surface area contributed by atoms with E-state index in [1.165, 1.54) is 4.90 Å². The molecule has 0 N–H and O–H groups in total. The van der Waals surface area contributed by atoms with Crippen LogP contribution in [0.15, 0.2) is 90.1 Å². The van der Waals surface area contributed by atoms with Gasteiger partial charge >= 0.3 is 6.09 Å². The van der Waals surface area contributed by atoms with Gasteiger partial charge < -0.3 is 9.57 Å². The van der Waals surface area contributed by atoms with Gasteiger partial charge in [-0.15, -0.1) is 0 Å². The van der Waals surface area contributed by atoms with Crippen LogP contribution in [0.2, 0.25) is 5.02 Å². The van der Waals surface area contributed by atoms with Crippen molar-refractivity contribution in [1.82, 2.24) is 4.90 Å². The van der Waals surface area contributed by atoms with E-state index in [0.717, 1.165) is 16.7 Å². The predicted octanol–water partition coefficient (Wildman–Crippen LogP) is 5.04. The summed E-state index contributed by atoms with van der Waals surface area (Å²) < 4.78 is 5.49. The molecule has 0 aliphatic carbocycles. The number of amides is 2. The lowest BCUT2D eigenvalue weighted by atomic mass is 9.84. The van der Waals surface area contributed by atoms with E-state index in [4.69, 9.17) is 21.2 Å². The van der Waals surface area contributed by atoms with Crippen molar-refractivity contribution in [2.75, 3.05) is 6.61 Å². The largest absolute Gasteiger partial charge is 0.447 e. The topological polar surface area (TPSA) is 68.2 Å². The lowest BCUT2D eigenvalue weighted by molar-refractivity contribution is -0.142. The Hall–Kier alpha value is -3.64. The van der Waals surface area contributed by atoms with E-state index in [1.54, 1.807) is 12.1 Å². The van der Waals surface area contributed by atoms with Crippen molar-refractivity contribution >= 4 is 29.3 Å². The van der Waals surface area contributed by atoms with E-state index in [9.17, 15) is 9.59 Å². The molecule has 3 aromatic rings. The molecule has 1 atom stereocenters. The maximum Gasteiger partial charge on any atom is 0.417 e. The molecule has 2 amide bonds. The highest BCUT2D eigenvalue weighted by atomic mass is 35.5. The second-order valence-electron chi connectivity index (χ2n) is 8.62. The highest BCUT2D eigenvalue weighted by Gasteiger charge is 2.53. The van der Waals surface area contributed by atoms with Gasteiger partial charge in [-0.25, -0.2) is 9.69 Å². The molecule has 7 heteroatoms. The summed E-state index contributed by atoms with van der Waals surface area (Å²) in [5.74, 6) is -0.443. The summed E-state index contributed by atoms with van der Waals surface area (Å²) >= 11 is 5.98. The second-order valence-corrected chi connectivity index (χ2v) is 9.06. The molecular weight excluding hydrogens is 452 g/mol. The van der Waals surface area contributed by atoms with Crippen LogP contribution in [0.4, 0.5) is 4.79 Å². The highest BCUT2D eigenvalue weighted by molar-refractivity contribution is 6.30. The smallest absolute Gasteiger partial charge is 0.417 e. The Balaban J connectivity index is 1.43. The molecule has 1 fully saturated rings. The Morgan fingerprint density at radius 2 is 1.53 bits per heavy atom. The van der Waals surface area contributed by atoms with Crippen LogP contribution >= 0.6 is 11.6 Å². The Labute approximate surface area is 202 Å². The number of nitrogens with zero attached hydrogens (tertiary/aromatic N) is 2. The van der Waals surface area contributed by atoms with Crippen LogP contribution in [0.3, 0.4) is 0 Å². The Kier molecular flexibility index (Phi) is 6.07. The number of oxime groups is 1. The normalized spacial score (nSPS) is 18.9. The molecule has 1 unspecified atom stereocenters. The average molecular weight is 475 g/mol. The number of hydrogen-bond acceptors (Lipinski definition) is 5. The van der Waals surface area contributed by atoms with Crippen molar-refractivity contribution in [2.24, 2.45) is 5.16 Å². The Bertz CT molecular complexity index is 1170. The van der Waals surface area contributed by atoms with E-state index in [1.807, 2.05) is 72.8 Å². The number of imide groups is 1. The van der Waals surface area contributed by atoms with E-state index in [0.29, 0.717) is 23.6 Å². The van der Waals surface area contributed by atoms with E-state index >= 15 is 0 Å². The first-order valence-corrected chi connectivity index (χ1v) is 11.5. The standard InChI is InChI=1S/C27H23ClN2O4/c28-22-13-11-21(12-14-22)23-15-24(34-29-23)25(31)30-26(32)33-18-27(30,16-19-7-3-1-4-8-19)17-20-9-5-2-6-10-20/h1-14,24H,15-18H2. The third-order valence-electron chi connectivity index (χ3n) is 6.22. The number of cyclic esters (lactones) is 1. The van der Waals surface area contributed by atoms with Crippen LogP contribution in [0.25, 0.3) is 0 Å². The van der Waals surface area contributed by atoms with E-state index in [2.05, 4.69) is 5.16 Å². The molecule has 2 heterocycles. The van der Waals surface area contributed by atoms with Crippen LogP contribution in [-0.4, -0.2) is 40.9 Å². The minimum Gasteiger partial charge on any atom is -0.447 e. The monoisotopic (exact) mass is 474 g/mol. The van der Waals surface area contributed by atoms with Gasteiger partial charge in [0.25, 0.3) is 5.91 Å². The van der Waals surface area contributed by atoms with Crippen LogP contribution in [-0.2, 0) is 27.2 Å². The van der Waals surface area contributed by atoms with E-state index in [-0.39, 0.29) is 13.0 Å². The number of ether oxygens (including phenoxy) is 1. The number of carbonyl (C=O) groups excluding carboxylic acids is 2. The number of halogens is 1. The molecule has 0 aromatic heterocycles. The molecule has 172 valence electrons. The second kappa shape index (κ2) is 9.31. The predicted molar refractivity (Wildman–Crippen MR) is 129 cm³/mol. The maximum atomic E-state index is 13.7. The van der Waals surface area contributed by atoms with Gasteiger partial charge in [0.15, 0.2) is 0 Å². The fourth-order valence-electron chi connectivity index (χ4n) is 4.58. The van der Waals surface area contributed by atoms with Gasteiger partial charge in [0.2, 0.25) is 6.10 Å². The number of benzene rings is 3. The molecule has 34 heavy (non-hydrogen) atoms. The zero-order valence-electron chi connectivity index (χ0n) is 18.4. The lowest BCUT2D eigenvalue weighted by Gasteiger charge is -2.35. The number of rotatable bonds is 6.